The molecule has 0 amide bonds. The minimum atomic E-state index is -0.592. The van der Waals surface area contributed by atoms with Crippen LogP contribution >= 0.6 is 0 Å². The number of hydrogen-bond donors (Lipinski definition) is 0. The first-order valence-corrected chi connectivity index (χ1v) is 8.82. The van der Waals surface area contributed by atoms with Crippen molar-refractivity contribution in [1.82, 2.24) is 0 Å². The number of rotatable bonds is 8. The predicted octanol–water partition coefficient (Wildman–Crippen LogP) is 3.38. The van der Waals surface area contributed by atoms with Crippen molar-refractivity contribution in [2.75, 3.05) is 19.8 Å². The van der Waals surface area contributed by atoms with Gasteiger partial charge in [-0.1, -0.05) is 24.3 Å². The Morgan fingerprint density at radius 1 is 0.923 bits per heavy atom. The molecule has 1 aliphatic carbocycles. The number of Topliss-reactive ketones (excluding diaryl/α,β-unsaturated/α-hetero) is 1. The van der Waals surface area contributed by atoms with Gasteiger partial charge in [-0.15, -0.1) is 0 Å². The lowest BCUT2D eigenvalue weighted by atomic mass is 10.0. The molecule has 0 aromatic heterocycles. The molecule has 0 bridgehead atoms. The van der Waals surface area contributed by atoms with Crippen LogP contribution in [0, 0.1) is 0 Å². The SMILES string of the molecule is CCOc1ccccc1OCC(=O)OCC(=O)c1ccc2c(c1)CCC2. The molecular formula is C21H22O5. The van der Waals surface area contributed by atoms with Gasteiger partial charge in [-0.3, -0.25) is 4.79 Å². The minimum absolute atomic E-state index is 0.206. The fraction of sp³-hybridized carbons (Fsp3) is 0.333. The van der Waals surface area contributed by atoms with Crippen molar-refractivity contribution in [3.05, 3.63) is 59.2 Å². The van der Waals surface area contributed by atoms with Crippen molar-refractivity contribution in [2.24, 2.45) is 0 Å². The van der Waals surface area contributed by atoms with Gasteiger partial charge in [0.05, 0.1) is 6.61 Å². The normalized spacial score (nSPS) is 12.3. The summed E-state index contributed by atoms with van der Waals surface area (Å²) < 4.78 is 15.9. The Hall–Kier alpha value is -2.82. The number of aryl methyl sites for hydroxylation is 2. The highest BCUT2D eigenvalue weighted by molar-refractivity contribution is 5.98. The molecule has 0 radical (unpaired) electrons. The van der Waals surface area contributed by atoms with E-state index >= 15 is 0 Å². The highest BCUT2D eigenvalue weighted by atomic mass is 16.6. The number of carbonyl (C=O) groups excluding carboxylic acids is 2. The third-order valence-electron chi connectivity index (χ3n) is 4.28. The Morgan fingerprint density at radius 2 is 1.65 bits per heavy atom. The topological polar surface area (TPSA) is 61.8 Å². The molecule has 0 saturated heterocycles. The Kier molecular flexibility index (Phi) is 5.89. The largest absolute Gasteiger partial charge is 0.490 e. The van der Waals surface area contributed by atoms with E-state index in [1.54, 1.807) is 24.3 Å². The monoisotopic (exact) mass is 354 g/mol. The van der Waals surface area contributed by atoms with E-state index in [0.717, 1.165) is 19.3 Å². The first-order valence-electron chi connectivity index (χ1n) is 8.82. The molecule has 0 spiro atoms. The summed E-state index contributed by atoms with van der Waals surface area (Å²) in [5.74, 6) is 0.238. The lowest BCUT2D eigenvalue weighted by molar-refractivity contribution is -0.144. The first kappa shape index (κ1) is 18.0. The van der Waals surface area contributed by atoms with E-state index in [9.17, 15) is 9.59 Å². The predicted molar refractivity (Wildman–Crippen MR) is 96.9 cm³/mol. The fourth-order valence-electron chi connectivity index (χ4n) is 3.00. The smallest absolute Gasteiger partial charge is 0.344 e. The Balaban J connectivity index is 1.49. The summed E-state index contributed by atoms with van der Waals surface area (Å²) in [4.78, 5) is 24.1. The Bertz CT molecular complexity index is 797. The van der Waals surface area contributed by atoms with E-state index < -0.39 is 5.97 Å². The number of para-hydroxylation sites is 2. The van der Waals surface area contributed by atoms with Crippen LogP contribution in [0.15, 0.2) is 42.5 Å². The number of carbonyl (C=O) groups is 2. The summed E-state index contributed by atoms with van der Waals surface area (Å²) in [6, 6.07) is 12.8. The number of ketones is 1. The van der Waals surface area contributed by atoms with Crippen LogP contribution in [-0.2, 0) is 22.4 Å². The van der Waals surface area contributed by atoms with Crippen LogP contribution in [0.3, 0.4) is 0 Å². The van der Waals surface area contributed by atoms with Crippen molar-refractivity contribution in [3.8, 4) is 11.5 Å². The van der Waals surface area contributed by atoms with Crippen LogP contribution in [0.25, 0.3) is 0 Å². The molecule has 1 aliphatic rings. The highest BCUT2D eigenvalue weighted by Crippen LogP contribution is 2.26. The number of hydrogen-bond acceptors (Lipinski definition) is 5. The van der Waals surface area contributed by atoms with Crippen molar-refractivity contribution in [1.29, 1.82) is 0 Å². The maximum absolute atomic E-state index is 12.2. The van der Waals surface area contributed by atoms with Crippen molar-refractivity contribution >= 4 is 11.8 Å². The van der Waals surface area contributed by atoms with Crippen LogP contribution in [0.2, 0.25) is 0 Å². The molecule has 0 unspecified atom stereocenters. The lowest BCUT2D eigenvalue weighted by Crippen LogP contribution is -2.19. The highest BCUT2D eigenvalue weighted by Gasteiger charge is 2.16. The summed E-state index contributed by atoms with van der Waals surface area (Å²) in [5, 5.41) is 0. The molecule has 2 aromatic rings. The van der Waals surface area contributed by atoms with Gasteiger partial charge in [0, 0.05) is 5.56 Å². The van der Waals surface area contributed by atoms with Gasteiger partial charge in [0.25, 0.3) is 0 Å². The summed E-state index contributed by atoms with van der Waals surface area (Å²) >= 11 is 0. The summed E-state index contributed by atoms with van der Waals surface area (Å²) in [7, 11) is 0. The maximum Gasteiger partial charge on any atom is 0.344 e. The van der Waals surface area contributed by atoms with Crippen LogP contribution < -0.4 is 9.47 Å². The number of ether oxygens (including phenoxy) is 3. The average molecular weight is 354 g/mol. The molecule has 5 nitrogen and oxygen atoms in total. The van der Waals surface area contributed by atoms with E-state index in [2.05, 4.69) is 0 Å². The number of benzene rings is 2. The van der Waals surface area contributed by atoms with Gasteiger partial charge in [0.15, 0.2) is 30.5 Å². The maximum atomic E-state index is 12.2. The molecule has 0 aliphatic heterocycles. The fourth-order valence-corrected chi connectivity index (χ4v) is 3.00. The molecule has 26 heavy (non-hydrogen) atoms. The third-order valence-corrected chi connectivity index (χ3v) is 4.28. The van der Waals surface area contributed by atoms with Crippen LogP contribution in [0.4, 0.5) is 0 Å². The molecule has 3 rings (SSSR count). The van der Waals surface area contributed by atoms with Crippen LogP contribution in [0.5, 0.6) is 11.5 Å². The molecule has 0 saturated carbocycles. The molecule has 2 aromatic carbocycles. The second-order valence-electron chi connectivity index (χ2n) is 6.09. The van der Waals surface area contributed by atoms with Crippen molar-refractivity contribution < 1.29 is 23.8 Å². The molecule has 136 valence electrons. The molecule has 0 heterocycles. The summed E-state index contributed by atoms with van der Waals surface area (Å²) in [6.45, 7) is 1.81. The van der Waals surface area contributed by atoms with Crippen molar-refractivity contribution in [3.63, 3.8) is 0 Å². The second kappa shape index (κ2) is 8.52. The molecule has 0 atom stereocenters. The van der Waals surface area contributed by atoms with E-state index in [-0.39, 0.29) is 19.0 Å². The Labute approximate surface area is 152 Å². The average Bonchev–Trinajstić information content (AvgIpc) is 3.13. The second-order valence-corrected chi connectivity index (χ2v) is 6.09. The molecular weight excluding hydrogens is 332 g/mol. The Morgan fingerprint density at radius 3 is 2.42 bits per heavy atom. The minimum Gasteiger partial charge on any atom is -0.490 e. The zero-order chi connectivity index (χ0) is 18.4. The van der Waals surface area contributed by atoms with Gasteiger partial charge in [-0.05, 0) is 55.5 Å². The third kappa shape index (κ3) is 4.42. The zero-order valence-electron chi connectivity index (χ0n) is 14.8. The molecule has 0 fully saturated rings. The van der Waals surface area contributed by atoms with Gasteiger partial charge in [-0.25, -0.2) is 4.79 Å². The quantitative estimate of drug-likeness (QED) is 0.537. The van der Waals surface area contributed by atoms with E-state index in [1.165, 1.54) is 11.1 Å². The number of esters is 1. The first-order chi connectivity index (χ1) is 12.7. The summed E-state index contributed by atoms with van der Waals surface area (Å²) in [5.41, 5.74) is 3.11. The van der Waals surface area contributed by atoms with Gasteiger partial charge < -0.3 is 14.2 Å². The van der Waals surface area contributed by atoms with Gasteiger partial charge in [-0.2, -0.15) is 0 Å². The molecule has 5 heteroatoms. The van der Waals surface area contributed by atoms with Gasteiger partial charge in [0.2, 0.25) is 0 Å². The van der Waals surface area contributed by atoms with E-state index in [4.69, 9.17) is 14.2 Å². The zero-order valence-corrected chi connectivity index (χ0v) is 14.8. The van der Waals surface area contributed by atoms with Crippen molar-refractivity contribution in [2.45, 2.75) is 26.2 Å². The van der Waals surface area contributed by atoms with E-state index in [0.29, 0.717) is 23.7 Å². The summed E-state index contributed by atoms with van der Waals surface area (Å²) in [6.07, 6.45) is 3.20. The van der Waals surface area contributed by atoms with Gasteiger partial charge in [0.1, 0.15) is 0 Å². The van der Waals surface area contributed by atoms with Gasteiger partial charge >= 0.3 is 5.97 Å². The standard InChI is InChI=1S/C21H22O5/c1-2-24-19-8-3-4-9-20(19)25-14-21(23)26-13-18(22)17-11-10-15-6-5-7-16(15)12-17/h3-4,8-12H,2,5-7,13-14H2,1H3. The van der Waals surface area contributed by atoms with Crippen LogP contribution in [0.1, 0.15) is 34.8 Å². The van der Waals surface area contributed by atoms with Crippen LogP contribution in [-0.4, -0.2) is 31.6 Å². The molecule has 0 N–H and O–H groups in total. The number of fused-ring (bicyclic) bond motifs is 1. The van der Waals surface area contributed by atoms with E-state index in [1.807, 2.05) is 25.1 Å². The lowest BCUT2D eigenvalue weighted by Gasteiger charge is -2.11.